The minimum atomic E-state index is -0.0795. The van der Waals surface area contributed by atoms with E-state index in [0.29, 0.717) is 6.54 Å². The molecule has 1 aromatic carbocycles. The van der Waals surface area contributed by atoms with Gasteiger partial charge in [0.15, 0.2) is 0 Å². The highest BCUT2D eigenvalue weighted by Crippen LogP contribution is 2.21. The van der Waals surface area contributed by atoms with Crippen molar-refractivity contribution in [2.45, 2.75) is 51.1 Å². The second kappa shape index (κ2) is 9.46. The first-order chi connectivity index (χ1) is 10.8. The van der Waals surface area contributed by atoms with Gasteiger partial charge in [-0.05, 0) is 38.4 Å². The molecule has 0 bridgehead atoms. The first-order valence-corrected chi connectivity index (χ1v) is 8.51. The monoisotopic (exact) mass is 303 g/mol. The van der Waals surface area contributed by atoms with E-state index in [0.717, 1.165) is 31.1 Å². The summed E-state index contributed by atoms with van der Waals surface area (Å²) in [5.41, 5.74) is 1.12. The lowest BCUT2D eigenvalue weighted by molar-refractivity contribution is 0.189. The molecule has 4 nitrogen and oxygen atoms in total. The molecule has 1 fully saturated rings. The largest absolute Gasteiger partial charge is 0.338 e. The van der Waals surface area contributed by atoms with Crippen LogP contribution in [-0.2, 0) is 6.54 Å². The van der Waals surface area contributed by atoms with Crippen LogP contribution < -0.4 is 10.6 Å². The van der Waals surface area contributed by atoms with Crippen LogP contribution >= 0.6 is 0 Å². The zero-order valence-corrected chi connectivity index (χ0v) is 13.7. The predicted molar refractivity (Wildman–Crippen MR) is 90.8 cm³/mol. The quantitative estimate of drug-likeness (QED) is 0.760. The molecular formula is C18H29N3O. The molecule has 0 aliphatic heterocycles. The number of carbonyl (C=O) groups is 1. The van der Waals surface area contributed by atoms with E-state index in [1.807, 2.05) is 30.3 Å². The molecule has 1 aliphatic carbocycles. The molecular weight excluding hydrogens is 274 g/mol. The summed E-state index contributed by atoms with van der Waals surface area (Å²) in [4.78, 5) is 14.2. The molecule has 0 unspecified atom stereocenters. The highest BCUT2D eigenvalue weighted by Gasteiger charge is 2.17. The number of carbonyl (C=O) groups excluding carboxylic acids is 1. The van der Waals surface area contributed by atoms with Crippen molar-refractivity contribution < 1.29 is 4.79 Å². The minimum Gasteiger partial charge on any atom is -0.338 e. The van der Waals surface area contributed by atoms with Crippen molar-refractivity contribution in [2.24, 2.45) is 0 Å². The van der Waals surface area contributed by atoms with Gasteiger partial charge in [0.2, 0.25) is 0 Å². The van der Waals surface area contributed by atoms with E-state index in [-0.39, 0.29) is 6.03 Å². The first kappa shape index (κ1) is 16.8. The molecule has 0 atom stereocenters. The Morgan fingerprint density at radius 1 is 1.14 bits per heavy atom. The van der Waals surface area contributed by atoms with Crippen LogP contribution in [0.4, 0.5) is 4.79 Å². The Kier molecular flexibility index (Phi) is 7.23. The highest BCUT2D eigenvalue weighted by molar-refractivity contribution is 5.73. The summed E-state index contributed by atoms with van der Waals surface area (Å²) < 4.78 is 0. The Morgan fingerprint density at radius 3 is 2.59 bits per heavy atom. The average molecular weight is 303 g/mol. The van der Waals surface area contributed by atoms with Gasteiger partial charge in [-0.25, -0.2) is 4.79 Å². The maximum absolute atomic E-state index is 11.7. The molecule has 2 rings (SSSR count). The molecule has 2 amide bonds. The average Bonchev–Trinajstić information content (AvgIpc) is 2.58. The fourth-order valence-corrected chi connectivity index (χ4v) is 3.08. The Hall–Kier alpha value is -1.55. The summed E-state index contributed by atoms with van der Waals surface area (Å²) in [6, 6.07) is 10.6. The minimum absolute atomic E-state index is 0.0795. The number of rotatable bonds is 7. The topological polar surface area (TPSA) is 44.4 Å². The second-order valence-corrected chi connectivity index (χ2v) is 6.22. The summed E-state index contributed by atoms with van der Waals surface area (Å²) in [5, 5.41) is 5.82. The summed E-state index contributed by atoms with van der Waals surface area (Å²) in [5.74, 6) is 0. The number of nitrogens with one attached hydrogen (secondary N) is 2. The van der Waals surface area contributed by atoms with Gasteiger partial charge >= 0.3 is 6.03 Å². The fraction of sp³-hybridized carbons (Fsp3) is 0.611. The van der Waals surface area contributed by atoms with E-state index >= 15 is 0 Å². The number of nitrogens with zero attached hydrogens (tertiary/aromatic N) is 1. The third kappa shape index (κ3) is 6.06. The van der Waals surface area contributed by atoms with E-state index in [1.165, 1.54) is 32.1 Å². The van der Waals surface area contributed by atoms with Gasteiger partial charge in [-0.1, -0.05) is 49.6 Å². The lowest BCUT2D eigenvalue weighted by Crippen LogP contribution is -2.38. The Morgan fingerprint density at radius 2 is 1.86 bits per heavy atom. The summed E-state index contributed by atoms with van der Waals surface area (Å²) in [7, 11) is 2.21. The van der Waals surface area contributed by atoms with Crippen LogP contribution in [-0.4, -0.2) is 37.1 Å². The zero-order chi connectivity index (χ0) is 15.6. The number of urea groups is 1. The highest BCUT2D eigenvalue weighted by atomic mass is 16.2. The van der Waals surface area contributed by atoms with Crippen molar-refractivity contribution in [2.75, 3.05) is 20.1 Å². The van der Waals surface area contributed by atoms with Crippen LogP contribution in [0.25, 0.3) is 0 Å². The van der Waals surface area contributed by atoms with Crippen LogP contribution in [0.1, 0.15) is 44.1 Å². The maximum Gasteiger partial charge on any atom is 0.315 e. The number of benzene rings is 1. The lowest BCUT2D eigenvalue weighted by Gasteiger charge is -2.31. The summed E-state index contributed by atoms with van der Waals surface area (Å²) in [6.07, 6.45) is 7.81. The number of hydrogen-bond donors (Lipinski definition) is 2. The smallest absolute Gasteiger partial charge is 0.315 e. The predicted octanol–water partition coefficient (Wildman–Crippen LogP) is 3.14. The number of amides is 2. The van der Waals surface area contributed by atoms with Crippen LogP contribution in [0.2, 0.25) is 0 Å². The van der Waals surface area contributed by atoms with Crippen LogP contribution in [0, 0.1) is 0 Å². The van der Waals surface area contributed by atoms with Crippen molar-refractivity contribution in [3.05, 3.63) is 35.9 Å². The van der Waals surface area contributed by atoms with Crippen LogP contribution in [0.5, 0.6) is 0 Å². The standard InChI is InChI=1S/C18H29N3O/c1-21(17-11-6-3-7-12-17)14-8-13-19-18(22)20-15-16-9-4-2-5-10-16/h2,4-5,9-10,17H,3,6-8,11-15H2,1H3,(H2,19,20,22). The van der Waals surface area contributed by atoms with E-state index in [2.05, 4.69) is 22.6 Å². The van der Waals surface area contributed by atoms with Crippen molar-refractivity contribution in [3.63, 3.8) is 0 Å². The molecule has 0 radical (unpaired) electrons. The molecule has 0 heterocycles. The van der Waals surface area contributed by atoms with Crippen LogP contribution in [0.3, 0.4) is 0 Å². The Bertz CT molecular complexity index is 429. The van der Waals surface area contributed by atoms with Gasteiger partial charge in [-0.2, -0.15) is 0 Å². The van der Waals surface area contributed by atoms with Crippen molar-refractivity contribution in [3.8, 4) is 0 Å². The second-order valence-electron chi connectivity index (χ2n) is 6.22. The van der Waals surface area contributed by atoms with Gasteiger partial charge < -0.3 is 15.5 Å². The molecule has 1 saturated carbocycles. The van der Waals surface area contributed by atoms with Crippen LogP contribution in [0.15, 0.2) is 30.3 Å². The number of hydrogen-bond acceptors (Lipinski definition) is 2. The van der Waals surface area contributed by atoms with Gasteiger partial charge in [0, 0.05) is 19.1 Å². The van der Waals surface area contributed by atoms with Gasteiger partial charge in [0.05, 0.1) is 0 Å². The van der Waals surface area contributed by atoms with Gasteiger partial charge in [-0.3, -0.25) is 0 Å². The van der Waals surface area contributed by atoms with Crippen molar-refractivity contribution in [1.82, 2.24) is 15.5 Å². The first-order valence-electron chi connectivity index (χ1n) is 8.51. The Balaban J connectivity index is 1.53. The van der Waals surface area contributed by atoms with Gasteiger partial charge in [-0.15, -0.1) is 0 Å². The normalized spacial score (nSPS) is 15.7. The van der Waals surface area contributed by atoms with Gasteiger partial charge in [0.1, 0.15) is 0 Å². The summed E-state index contributed by atoms with van der Waals surface area (Å²) in [6.45, 7) is 2.37. The van der Waals surface area contributed by atoms with Crippen molar-refractivity contribution in [1.29, 1.82) is 0 Å². The lowest BCUT2D eigenvalue weighted by atomic mass is 9.94. The fourth-order valence-electron chi connectivity index (χ4n) is 3.08. The zero-order valence-electron chi connectivity index (χ0n) is 13.7. The molecule has 0 spiro atoms. The van der Waals surface area contributed by atoms with E-state index in [9.17, 15) is 4.79 Å². The molecule has 4 heteroatoms. The molecule has 1 aromatic rings. The molecule has 0 saturated heterocycles. The van der Waals surface area contributed by atoms with Crippen molar-refractivity contribution >= 4 is 6.03 Å². The molecule has 0 aromatic heterocycles. The Labute approximate surface area is 134 Å². The van der Waals surface area contributed by atoms with E-state index in [4.69, 9.17) is 0 Å². The third-order valence-corrected chi connectivity index (χ3v) is 4.47. The molecule has 2 N–H and O–H groups in total. The third-order valence-electron chi connectivity index (χ3n) is 4.47. The van der Waals surface area contributed by atoms with E-state index < -0.39 is 0 Å². The van der Waals surface area contributed by atoms with E-state index in [1.54, 1.807) is 0 Å². The van der Waals surface area contributed by atoms with Gasteiger partial charge in [0.25, 0.3) is 0 Å². The maximum atomic E-state index is 11.7. The SMILES string of the molecule is CN(CCCNC(=O)NCc1ccccc1)C1CCCCC1. The summed E-state index contributed by atoms with van der Waals surface area (Å²) >= 11 is 0. The molecule has 22 heavy (non-hydrogen) atoms. The molecule has 122 valence electrons. The molecule has 1 aliphatic rings.